The summed E-state index contributed by atoms with van der Waals surface area (Å²) in [5.41, 5.74) is 6.08. The number of Topliss-reactive ketones (excluding diaryl/α,β-unsaturated/α-hetero) is 1. The molecule has 0 radical (unpaired) electrons. The molecule has 44 heavy (non-hydrogen) atoms. The van der Waals surface area contributed by atoms with Gasteiger partial charge in [0, 0.05) is 30.1 Å². The van der Waals surface area contributed by atoms with E-state index in [1.807, 2.05) is 91.4 Å². The number of rotatable bonds is 16. The van der Waals surface area contributed by atoms with E-state index in [0.29, 0.717) is 43.1 Å². The van der Waals surface area contributed by atoms with Crippen molar-refractivity contribution in [3.63, 3.8) is 0 Å². The van der Waals surface area contributed by atoms with Gasteiger partial charge in [-0.15, -0.1) is 0 Å². The summed E-state index contributed by atoms with van der Waals surface area (Å²) in [7, 11) is 0. The van der Waals surface area contributed by atoms with E-state index < -0.39 is 11.9 Å². The second kappa shape index (κ2) is 15.0. The molecule has 0 unspecified atom stereocenters. The molecule has 8 nitrogen and oxygen atoms in total. The molecule has 0 amide bonds. The van der Waals surface area contributed by atoms with E-state index >= 15 is 0 Å². The van der Waals surface area contributed by atoms with Gasteiger partial charge in [0.1, 0.15) is 11.5 Å². The van der Waals surface area contributed by atoms with Crippen LogP contribution >= 0.6 is 0 Å². The molecule has 2 N–H and O–H groups in total. The molecule has 0 aliphatic carbocycles. The fourth-order valence-electron chi connectivity index (χ4n) is 5.33. The molecule has 0 spiro atoms. The minimum absolute atomic E-state index is 0.00233. The quantitative estimate of drug-likeness (QED) is 0.0788. The number of carboxylic acids is 2. The van der Waals surface area contributed by atoms with Crippen LogP contribution in [0.2, 0.25) is 0 Å². The third-order valence-corrected chi connectivity index (χ3v) is 7.34. The molecule has 0 bridgehead atoms. The fourth-order valence-corrected chi connectivity index (χ4v) is 5.33. The maximum atomic E-state index is 12.0. The molecule has 4 aromatic rings. The lowest BCUT2D eigenvalue weighted by molar-refractivity contribution is -0.137. The van der Waals surface area contributed by atoms with Crippen molar-refractivity contribution >= 4 is 40.8 Å². The number of carbonyl (C=O) groups is 3. The van der Waals surface area contributed by atoms with Crippen molar-refractivity contribution in [3.05, 3.63) is 94.2 Å². The SMILES string of the molecule is CC(=O)c1cc(C)cc(C)c1OCCCCOc1ccc(/C=C/c2cccc3c2c(CC(=O)O)cn3CCCC(=O)O)cc1. The van der Waals surface area contributed by atoms with Gasteiger partial charge in [-0.1, -0.05) is 42.5 Å². The van der Waals surface area contributed by atoms with Crippen molar-refractivity contribution in [1.82, 2.24) is 4.57 Å². The molecule has 1 aromatic heterocycles. The minimum Gasteiger partial charge on any atom is -0.494 e. The lowest BCUT2D eigenvalue weighted by Crippen LogP contribution is -2.07. The number of hydrogen-bond donors (Lipinski definition) is 2. The van der Waals surface area contributed by atoms with Gasteiger partial charge >= 0.3 is 11.9 Å². The molecule has 8 heteroatoms. The summed E-state index contributed by atoms with van der Waals surface area (Å²) in [5, 5.41) is 19.3. The van der Waals surface area contributed by atoms with Gasteiger partial charge in [-0.3, -0.25) is 14.4 Å². The zero-order valence-corrected chi connectivity index (χ0v) is 25.5. The summed E-state index contributed by atoms with van der Waals surface area (Å²) in [6.07, 6.45) is 7.77. The molecular weight excluding hydrogens is 558 g/mol. The van der Waals surface area contributed by atoms with E-state index in [9.17, 15) is 19.5 Å². The summed E-state index contributed by atoms with van der Waals surface area (Å²) in [4.78, 5) is 34.5. The minimum atomic E-state index is -0.917. The predicted molar refractivity (Wildman–Crippen MR) is 172 cm³/mol. The molecule has 0 saturated carbocycles. The first kappa shape index (κ1) is 32.1. The van der Waals surface area contributed by atoms with E-state index in [-0.39, 0.29) is 18.6 Å². The van der Waals surface area contributed by atoms with Crippen molar-refractivity contribution in [1.29, 1.82) is 0 Å². The molecule has 0 aliphatic rings. The van der Waals surface area contributed by atoms with Gasteiger partial charge in [-0.2, -0.15) is 0 Å². The number of aryl methyl sites for hydroxylation is 3. The van der Waals surface area contributed by atoms with Gasteiger partial charge in [0.15, 0.2) is 5.78 Å². The standard InChI is InChI=1S/C36H39NO7/c1-24-20-25(2)36(31(21-24)26(3)38)44-19-5-4-18-43-30-15-12-27(13-16-30)11-14-28-8-6-9-32-35(28)29(22-34(41)42)23-37(32)17-7-10-33(39)40/h6,8-9,11-16,20-21,23H,4-5,7,10,17-19,22H2,1-3H3,(H,39,40)(H,41,42)/b14-11+. The number of benzene rings is 3. The topological polar surface area (TPSA) is 115 Å². The molecule has 3 aromatic carbocycles. The molecule has 1 heterocycles. The van der Waals surface area contributed by atoms with Gasteiger partial charge in [-0.25, -0.2) is 0 Å². The van der Waals surface area contributed by atoms with E-state index in [2.05, 4.69) is 0 Å². The molecule has 230 valence electrons. The number of fused-ring (bicyclic) bond motifs is 1. The summed E-state index contributed by atoms with van der Waals surface area (Å²) >= 11 is 0. The highest BCUT2D eigenvalue weighted by atomic mass is 16.5. The van der Waals surface area contributed by atoms with Crippen LogP contribution in [0.1, 0.15) is 70.8 Å². The first-order chi connectivity index (χ1) is 21.1. The van der Waals surface area contributed by atoms with Crippen LogP contribution < -0.4 is 9.47 Å². The Morgan fingerprint density at radius 1 is 0.864 bits per heavy atom. The summed E-state index contributed by atoms with van der Waals surface area (Å²) < 4.78 is 13.8. The second-order valence-electron chi connectivity index (χ2n) is 11.0. The highest BCUT2D eigenvalue weighted by Gasteiger charge is 2.15. The Kier molecular flexibility index (Phi) is 11.0. The number of nitrogens with zero attached hydrogens (tertiary/aromatic N) is 1. The van der Waals surface area contributed by atoms with E-state index in [1.54, 1.807) is 6.92 Å². The second-order valence-corrected chi connectivity index (χ2v) is 11.0. The summed E-state index contributed by atoms with van der Waals surface area (Å²) in [5.74, 6) is -0.343. The third kappa shape index (κ3) is 8.60. The average Bonchev–Trinajstić information content (AvgIpc) is 3.31. The summed E-state index contributed by atoms with van der Waals surface area (Å²) in [6.45, 7) is 7.03. The van der Waals surface area contributed by atoms with Crippen molar-refractivity contribution in [3.8, 4) is 11.5 Å². The van der Waals surface area contributed by atoms with Crippen LogP contribution in [0.5, 0.6) is 11.5 Å². The number of carboxylic acid groups (broad SMARTS) is 2. The third-order valence-electron chi connectivity index (χ3n) is 7.34. The predicted octanol–water partition coefficient (Wildman–Crippen LogP) is 7.36. The van der Waals surface area contributed by atoms with Gasteiger partial charge in [0.25, 0.3) is 0 Å². The van der Waals surface area contributed by atoms with Crippen LogP contribution in [-0.4, -0.2) is 45.7 Å². The zero-order chi connectivity index (χ0) is 31.6. The Morgan fingerprint density at radius 2 is 1.59 bits per heavy atom. The molecule has 4 rings (SSSR count). The normalized spacial score (nSPS) is 11.2. The largest absolute Gasteiger partial charge is 0.494 e. The molecule has 0 fully saturated rings. The van der Waals surface area contributed by atoms with Crippen molar-refractivity contribution in [2.75, 3.05) is 13.2 Å². The smallest absolute Gasteiger partial charge is 0.307 e. The monoisotopic (exact) mass is 597 g/mol. The Hall–Kier alpha value is -4.85. The Balaban J connectivity index is 1.33. The first-order valence-electron chi connectivity index (χ1n) is 14.8. The van der Waals surface area contributed by atoms with Crippen LogP contribution in [0.4, 0.5) is 0 Å². The van der Waals surface area contributed by atoms with E-state index in [1.165, 1.54) is 0 Å². The lowest BCUT2D eigenvalue weighted by Gasteiger charge is -2.14. The number of aliphatic carboxylic acids is 2. The highest BCUT2D eigenvalue weighted by molar-refractivity contribution is 5.97. The maximum Gasteiger partial charge on any atom is 0.307 e. The van der Waals surface area contributed by atoms with Crippen molar-refractivity contribution in [2.45, 2.75) is 59.4 Å². The Morgan fingerprint density at radius 3 is 2.27 bits per heavy atom. The molecule has 0 saturated heterocycles. The summed E-state index contributed by atoms with van der Waals surface area (Å²) in [6, 6.07) is 17.5. The number of hydrogen-bond acceptors (Lipinski definition) is 5. The number of ether oxygens (including phenoxy) is 2. The van der Waals surface area contributed by atoms with Gasteiger partial charge in [0.2, 0.25) is 0 Å². The number of carbonyl (C=O) groups excluding carboxylic acids is 1. The van der Waals surface area contributed by atoms with Gasteiger partial charge in [-0.05, 0) is 92.1 Å². The Labute approximate surface area is 257 Å². The van der Waals surface area contributed by atoms with E-state index in [0.717, 1.165) is 51.7 Å². The highest BCUT2D eigenvalue weighted by Crippen LogP contribution is 2.29. The van der Waals surface area contributed by atoms with Crippen LogP contribution in [0.3, 0.4) is 0 Å². The van der Waals surface area contributed by atoms with Crippen LogP contribution in [0.15, 0.2) is 60.8 Å². The van der Waals surface area contributed by atoms with Crippen LogP contribution in [-0.2, 0) is 22.6 Å². The average molecular weight is 598 g/mol. The molecule has 0 atom stereocenters. The van der Waals surface area contributed by atoms with Crippen molar-refractivity contribution in [2.24, 2.45) is 0 Å². The molecule has 0 aliphatic heterocycles. The van der Waals surface area contributed by atoms with Crippen LogP contribution in [0.25, 0.3) is 23.1 Å². The Bertz CT molecular complexity index is 1660. The lowest BCUT2D eigenvalue weighted by atomic mass is 10.0. The number of unbranched alkanes of at least 4 members (excludes halogenated alkanes) is 1. The fraction of sp³-hybridized carbons (Fsp3) is 0.306. The van der Waals surface area contributed by atoms with Crippen molar-refractivity contribution < 1.29 is 34.1 Å². The van der Waals surface area contributed by atoms with Gasteiger partial charge in [0.05, 0.1) is 25.2 Å². The zero-order valence-electron chi connectivity index (χ0n) is 25.5. The van der Waals surface area contributed by atoms with E-state index in [4.69, 9.17) is 14.6 Å². The molecular formula is C36H39NO7. The number of aromatic nitrogens is 1. The number of ketones is 1. The maximum absolute atomic E-state index is 12.0. The van der Waals surface area contributed by atoms with Gasteiger partial charge < -0.3 is 24.3 Å². The van der Waals surface area contributed by atoms with Crippen LogP contribution in [0, 0.1) is 13.8 Å². The first-order valence-corrected chi connectivity index (χ1v) is 14.8.